The SMILES string of the molecule is CNC(=O)C1CCN(C(=O)CCC(C)(C)CCN)CC1. The Hall–Kier alpha value is -1.10. The van der Waals surface area contributed by atoms with Gasteiger partial charge in [0, 0.05) is 32.5 Å². The molecule has 5 heteroatoms. The highest BCUT2D eigenvalue weighted by atomic mass is 16.2. The summed E-state index contributed by atoms with van der Waals surface area (Å²) >= 11 is 0. The number of likely N-dealkylation sites (tertiary alicyclic amines) is 1. The topological polar surface area (TPSA) is 75.4 Å². The Morgan fingerprint density at radius 2 is 1.85 bits per heavy atom. The summed E-state index contributed by atoms with van der Waals surface area (Å²) in [6.07, 6.45) is 3.95. The van der Waals surface area contributed by atoms with E-state index in [-0.39, 0.29) is 23.1 Å². The second kappa shape index (κ2) is 7.62. The zero-order valence-corrected chi connectivity index (χ0v) is 13.1. The van der Waals surface area contributed by atoms with Crippen molar-refractivity contribution < 1.29 is 9.59 Å². The van der Waals surface area contributed by atoms with Crippen molar-refractivity contribution in [1.82, 2.24) is 10.2 Å². The van der Waals surface area contributed by atoms with E-state index in [9.17, 15) is 9.59 Å². The lowest BCUT2D eigenvalue weighted by Crippen LogP contribution is -2.42. The van der Waals surface area contributed by atoms with E-state index < -0.39 is 0 Å². The normalized spacial score (nSPS) is 17.1. The van der Waals surface area contributed by atoms with Gasteiger partial charge >= 0.3 is 0 Å². The molecule has 0 aromatic rings. The van der Waals surface area contributed by atoms with Gasteiger partial charge in [-0.25, -0.2) is 0 Å². The molecule has 116 valence electrons. The van der Waals surface area contributed by atoms with Gasteiger partial charge in [0.25, 0.3) is 0 Å². The standard InChI is InChI=1S/C15H29N3O2/c1-15(2,8-9-16)7-4-13(19)18-10-5-12(6-11-18)14(20)17-3/h12H,4-11,16H2,1-3H3,(H,17,20). The predicted octanol–water partition coefficient (Wildman–Crippen LogP) is 1.13. The molecule has 1 heterocycles. The van der Waals surface area contributed by atoms with Crippen molar-refractivity contribution in [1.29, 1.82) is 0 Å². The molecule has 1 aliphatic rings. The Morgan fingerprint density at radius 1 is 1.25 bits per heavy atom. The van der Waals surface area contributed by atoms with E-state index in [0.29, 0.717) is 26.1 Å². The van der Waals surface area contributed by atoms with Gasteiger partial charge in [-0.2, -0.15) is 0 Å². The first kappa shape index (κ1) is 17.0. The minimum Gasteiger partial charge on any atom is -0.359 e. The van der Waals surface area contributed by atoms with Crippen molar-refractivity contribution in [2.75, 3.05) is 26.7 Å². The molecule has 20 heavy (non-hydrogen) atoms. The summed E-state index contributed by atoms with van der Waals surface area (Å²) in [5.74, 6) is 0.379. The van der Waals surface area contributed by atoms with Gasteiger partial charge < -0.3 is 16.0 Å². The highest BCUT2D eigenvalue weighted by molar-refractivity contribution is 5.79. The number of rotatable bonds is 6. The van der Waals surface area contributed by atoms with Crippen LogP contribution in [0.1, 0.15) is 46.0 Å². The highest BCUT2D eigenvalue weighted by Gasteiger charge is 2.27. The molecular weight excluding hydrogens is 254 g/mol. The van der Waals surface area contributed by atoms with Crippen LogP contribution < -0.4 is 11.1 Å². The van der Waals surface area contributed by atoms with Crippen LogP contribution in [0.5, 0.6) is 0 Å². The van der Waals surface area contributed by atoms with Crippen LogP contribution in [0.3, 0.4) is 0 Å². The lowest BCUT2D eigenvalue weighted by molar-refractivity contribution is -0.136. The Bertz CT molecular complexity index is 334. The van der Waals surface area contributed by atoms with E-state index in [1.54, 1.807) is 7.05 Å². The van der Waals surface area contributed by atoms with Gasteiger partial charge in [-0.1, -0.05) is 13.8 Å². The number of amides is 2. The van der Waals surface area contributed by atoms with Crippen LogP contribution in [0.15, 0.2) is 0 Å². The summed E-state index contributed by atoms with van der Waals surface area (Å²) < 4.78 is 0. The Labute approximate surface area is 122 Å². The monoisotopic (exact) mass is 283 g/mol. The molecule has 0 spiro atoms. The number of nitrogens with two attached hydrogens (primary N) is 1. The van der Waals surface area contributed by atoms with Crippen LogP contribution in [0.25, 0.3) is 0 Å². The summed E-state index contributed by atoms with van der Waals surface area (Å²) in [4.78, 5) is 25.6. The molecule has 0 radical (unpaired) electrons. The van der Waals surface area contributed by atoms with Crippen LogP contribution in [0.4, 0.5) is 0 Å². The zero-order chi connectivity index (χ0) is 15.2. The summed E-state index contributed by atoms with van der Waals surface area (Å²) in [5, 5.41) is 2.68. The van der Waals surface area contributed by atoms with Crippen molar-refractivity contribution >= 4 is 11.8 Å². The van der Waals surface area contributed by atoms with Crippen molar-refractivity contribution in [3.8, 4) is 0 Å². The second-order valence-corrected chi connectivity index (χ2v) is 6.47. The van der Waals surface area contributed by atoms with E-state index in [4.69, 9.17) is 5.73 Å². The molecule has 0 atom stereocenters. The molecule has 0 aromatic carbocycles. The van der Waals surface area contributed by atoms with Gasteiger partial charge in [-0.3, -0.25) is 9.59 Å². The van der Waals surface area contributed by atoms with Crippen LogP contribution in [0, 0.1) is 11.3 Å². The number of nitrogens with one attached hydrogen (secondary N) is 1. The number of hydrogen-bond donors (Lipinski definition) is 2. The van der Waals surface area contributed by atoms with E-state index in [2.05, 4.69) is 19.2 Å². The summed E-state index contributed by atoms with van der Waals surface area (Å²) in [5.41, 5.74) is 5.72. The maximum absolute atomic E-state index is 12.2. The maximum Gasteiger partial charge on any atom is 0.222 e. The first-order chi connectivity index (χ1) is 9.39. The fourth-order valence-corrected chi connectivity index (χ4v) is 2.71. The fraction of sp³-hybridized carbons (Fsp3) is 0.867. The molecule has 1 fully saturated rings. The first-order valence-electron chi connectivity index (χ1n) is 7.59. The largest absolute Gasteiger partial charge is 0.359 e. The Balaban J connectivity index is 2.34. The van der Waals surface area contributed by atoms with E-state index in [1.165, 1.54) is 0 Å². The molecule has 0 aromatic heterocycles. The first-order valence-corrected chi connectivity index (χ1v) is 7.59. The van der Waals surface area contributed by atoms with Crippen molar-refractivity contribution in [3.05, 3.63) is 0 Å². The number of carbonyl (C=O) groups excluding carboxylic acids is 2. The van der Waals surface area contributed by atoms with Gasteiger partial charge in [0.15, 0.2) is 0 Å². The molecule has 0 bridgehead atoms. The van der Waals surface area contributed by atoms with Crippen LogP contribution in [-0.4, -0.2) is 43.4 Å². The zero-order valence-electron chi connectivity index (χ0n) is 13.1. The summed E-state index contributed by atoms with van der Waals surface area (Å²) in [6.45, 7) is 6.39. The maximum atomic E-state index is 12.2. The van der Waals surface area contributed by atoms with E-state index in [0.717, 1.165) is 25.7 Å². The molecule has 5 nitrogen and oxygen atoms in total. The van der Waals surface area contributed by atoms with Gasteiger partial charge in [-0.15, -0.1) is 0 Å². The van der Waals surface area contributed by atoms with Crippen LogP contribution in [-0.2, 0) is 9.59 Å². The quantitative estimate of drug-likeness (QED) is 0.767. The predicted molar refractivity (Wildman–Crippen MR) is 80.1 cm³/mol. The minimum atomic E-state index is 0.0673. The molecule has 0 unspecified atom stereocenters. The van der Waals surface area contributed by atoms with Crippen molar-refractivity contribution in [2.45, 2.75) is 46.0 Å². The van der Waals surface area contributed by atoms with Gasteiger partial charge in [0.1, 0.15) is 0 Å². The van der Waals surface area contributed by atoms with Gasteiger partial charge in [0.2, 0.25) is 11.8 Å². The van der Waals surface area contributed by atoms with Crippen molar-refractivity contribution in [3.63, 3.8) is 0 Å². The second-order valence-electron chi connectivity index (χ2n) is 6.47. The van der Waals surface area contributed by atoms with Gasteiger partial charge in [-0.05, 0) is 37.6 Å². The smallest absolute Gasteiger partial charge is 0.222 e. The van der Waals surface area contributed by atoms with Crippen LogP contribution >= 0.6 is 0 Å². The third-order valence-electron chi connectivity index (χ3n) is 4.30. The number of hydrogen-bond acceptors (Lipinski definition) is 3. The number of carbonyl (C=O) groups is 2. The summed E-state index contributed by atoms with van der Waals surface area (Å²) in [6, 6.07) is 0. The molecule has 1 rings (SSSR count). The van der Waals surface area contributed by atoms with E-state index in [1.807, 2.05) is 4.90 Å². The van der Waals surface area contributed by atoms with E-state index >= 15 is 0 Å². The molecule has 0 saturated carbocycles. The lowest BCUT2D eigenvalue weighted by atomic mass is 9.84. The average molecular weight is 283 g/mol. The molecule has 2 amide bonds. The Morgan fingerprint density at radius 3 is 2.35 bits per heavy atom. The van der Waals surface area contributed by atoms with Gasteiger partial charge in [0.05, 0.1) is 0 Å². The molecular formula is C15H29N3O2. The molecule has 3 N–H and O–H groups in total. The average Bonchev–Trinajstić information content (AvgIpc) is 2.44. The summed E-state index contributed by atoms with van der Waals surface area (Å²) in [7, 11) is 1.67. The van der Waals surface area contributed by atoms with Crippen molar-refractivity contribution in [2.24, 2.45) is 17.1 Å². The van der Waals surface area contributed by atoms with Crippen LogP contribution in [0.2, 0.25) is 0 Å². The highest BCUT2D eigenvalue weighted by Crippen LogP contribution is 2.27. The molecule has 1 saturated heterocycles. The molecule has 0 aliphatic carbocycles. The fourth-order valence-electron chi connectivity index (χ4n) is 2.71. The third kappa shape index (κ3) is 5.12. The Kier molecular flexibility index (Phi) is 6.46. The lowest BCUT2D eigenvalue weighted by Gasteiger charge is -2.32. The molecule has 1 aliphatic heterocycles. The minimum absolute atomic E-state index is 0.0673. The number of piperidine rings is 1. The third-order valence-corrected chi connectivity index (χ3v) is 4.30. The number of nitrogens with zero attached hydrogens (tertiary/aromatic N) is 1.